The van der Waals surface area contributed by atoms with Gasteiger partial charge in [0.1, 0.15) is 13.1 Å². The van der Waals surface area contributed by atoms with Gasteiger partial charge in [-0.2, -0.15) is 0 Å². The third kappa shape index (κ3) is 3.71. The van der Waals surface area contributed by atoms with Crippen LogP contribution in [0.5, 0.6) is 0 Å². The Morgan fingerprint density at radius 3 is 2.72 bits per heavy atom. The number of urea groups is 1. The predicted octanol–water partition coefficient (Wildman–Crippen LogP) is 1.94. The number of rotatable bonds is 4. The van der Waals surface area contributed by atoms with E-state index in [1.54, 1.807) is 14.1 Å². The highest BCUT2D eigenvalue weighted by molar-refractivity contribution is 6.23. The molecular formula is C22H30N5O2+. The van der Waals surface area contributed by atoms with Gasteiger partial charge in [-0.05, 0) is 42.8 Å². The van der Waals surface area contributed by atoms with Gasteiger partial charge in [-0.25, -0.2) is 9.37 Å². The summed E-state index contributed by atoms with van der Waals surface area (Å²) in [4.78, 5) is 35.5. The molecule has 0 spiro atoms. The van der Waals surface area contributed by atoms with Gasteiger partial charge in [-0.15, -0.1) is 0 Å². The Morgan fingerprint density at radius 1 is 1.21 bits per heavy atom. The first-order chi connectivity index (χ1) is 13.8. The summed E-state index contributed by atoms with van der Waals surface area (Å²) in [5.41, 5.74) is 2.33. The molecule has 1 aromatic carbocycles. The highest BCUT2D eigenvalue weighted by atomic mass is 16.2. The maximum Gasteiger partial charge on any atom is 0.333 e. The Morgan fingerprint density at radius 2 is 2.00 bits per heavy atom. The van der Waals surface area contributed by atoms with Gasteiger partial charge >= 0.3 is 11.9 Å². The average Bonchev–Trinajstić information content (AvgIpc) is 3.03. The number of aryl methyl sites for hydroxylation is 1. The molecule has 0 saturated carbocycles. The lowest BCUT2D eigenvalue weighted by Gasteiger charge is -2.31. The lowest BCUT2D eigenvalue weighted by Crippen LogP contribution is -2.61. The number of carbonyl (C=O) groups is 2. The predicted molar refractivity (Wildman–Crippen MR) is 112 cm³/mol. The zero-order chi connectivity index (χ0) is 20.7. The lowest BCUT2D eigenvalue weighted by molar-refractivity contribution is -0.552. The van der Waals surface area contributed by atoms with E-state index in [1.807, 2.05) is 6.07 Å². The number of hydrogen-bond acceptors (Lipinski definition) is 4. The number of imide groups is 1. The molecule has 4 rings (SSSR count). The van der Waals surface area contributed by atoms with Gasteiger partial charge in [0.25, 0.3) is 17.8 Å². The van der Waals surface area contributed by atoms with Gasteiger partial charge in [0.05, 0.1) is 0 Å². The third-order valence-electron chi connectivity index (χ3n) is 6.15. The summed E-state index contributed by atoms with van der Waals surface area (Å²) in [6.45, 7) is 7.74. The van der Waals surface area contributed by atoms with E-state index in [1.165, 1.54) is 28.2 Å². The van der Waals surface area contributed by atoms with Crippen molar-refractivity contribution in [3.63, 3.8) is 0 Å². The van der Waals surface area contributed by atoms with Crippen LogP contribution in [0.2, 0.25) is 0 Å². The molecule has 0 bridgehead atoms. The van der Waals surface area contributed by atoms with E-state index in [9.17, 15) is 9.59 Å². The van der Waals surface area contributed by atoms with Crippen LogP contribution < -0.4 is 0 Å². The van der Waals surface area contributed by atoms with Crippen molar-refractivity contribution >= 4 is 23.6 Å². The van der Waals surface area contributed by atoms with Crippen molar-refractivity contribution in [3.05, 3.63) is 35.4 Å². The maximum atomic E-state index is 13.0. The fourth-order valence-corrected chi connectivity index (χ4v) is 4.60. The minimum absolute atomic E-state index is 0.207. The second-order valence-electron chi connectivity index (χ2n) is 8.63. The van der Waals surface area contributed by atoms with Crippen molar-refractivity contribution in [1.29, 1.82) is 0 Å². The van der Waals surface area contributed by atoms with Crippen LogP contribution in [0.15, 0.2) is 29.3 Å². The highest BCUT2D eigenvalue weighted by Gasteiger charge is 2.53. The van der Waals surface area contributed by atoms with Crippen LogP contribution in [0.1, 0.15) is 30.9 Å². The maximum absolute atomic E-state index is 13.0. The number of carbonyl (C=O) groups excluding carboxylic acids is 2. The van der Waals surface area contributed by atoms with E-state index in [-0.39, 0.29) is 11.9 Å². The quantitative estimate of drug-likeness (QED) is 0.731. The molecule has 3 heterocycles. The van der Waals surface area contributed by atoms with Gasteiger partial charge < -0.3 is 0 Å². The number of benzene rings is 1. The standard InChI is InChI=1S/C22H30N5O2/c1-15-7-5-9-17(11-15)13-27-18(14-26-10-6-8-16(2)12-26)23-20-19(27)21(28)25(4)22(29)24(20)3/h5,7,9,11,16,19H,6,8,10,12-14H2,1-4H3/q+1. The summed E-state index contributed by atoms with van der Waals surface area (Å²) in [6, 6.07) is 7.47. The molecule has 154 valence electrons. The monoisotopic (exact) mass is 396 g/mol. The molecule has 1 aromatic rings. The fraction of sp³-hybridized carbons (Fsp3) is 0.545. The van der Waals surface area contributed by atoms with Crippen LogP contribution in [0.3, 0.4) is 0 Å². The normalized spacial score (nSPS) is 25.6. The Balaban J connectivity index is 1.70. The molecule has 7 heteroatoms. The van der Waals surface area contributed by atoms with Gasteiger partial charge in [-0.3, -0.25) is 19.5 Å². The van der Waals surface area contributed by atoms with E-state index in [0.717, 1.165) is 24.5 Å². The van der Waals surface area contributed by atoms with Crippen molar-refractivity contribution in [2.45, 2.75) is 39.3 Å². The van der Waals surface area contributed by atoms with Crippen LogP contribution >= 0.6 is 0 Å². The minimum atomic E-state index is -0.541. The summed E-state index contributed by atoms with van der Waals surface area (Å²) in [7, 11) is 3.25. The summed E-state index contributed by atoms with van der Waals surface area (Å²) in [5.74, 6) is 1.89. The molecule has 7 nitrogen and oxygen atoms in total. The number of likely N-dealkylation sites (N-methyl/N-ethyl adjacent to an activating group) is 2. The van der Waals surface area contributed by atoms with Gasteiger partial charge in [0.15, 0.2) is 0 Å². The number of hydrogen-bond donors (Lipinski definition) is 0. The fourth-order valence-electron chi connectivity index (χ4n) is 4.60. The van der Waals surface area contributed by atoms with Gasteiger partial charge in [0.2, 0.25) is 0 Å². The number of amidine groups is 2. The molecule has 29 heavy (non-hydrogen) atoms. The summed E-state index contributed by atoms with van der Waals surface area (Å²) < 4.78 is 2.09. The molecule has 2 saturated heterocycles. The zero-order valence-corrected chi connectivity index (χ0v) is 17.8. The topological polar surface area (TPSA) is 59.2 Å². The molecule has 2 unspecified atom stereocenters. The van der Waals surface area contributed by atoms with Crippen LogP contribution in [0.25, 0.3) is 0 Å². The van der Waals surface area contributed by atoms with Crippen molar-refractivity contribution in [2.75, 3.05) is 33.7 Å². The van der Waals surface area contributed by atoms with Crippen LogP contribution in [0.4, 0.5) is 4.79 Å². The number of nitrogens with zero attached hydrogens (tertiary/aromatic N) is 5. The molecular weight excluding hydrogens is 366 g/mol. The number of fused-ring (bicyclic) bond motifs is 1. The number of amides is 3. The van der Waals surface area contributed by atoms with Crippen LogP contribution in [0, 0.1) is 12.8 Å². The minimum Gasteiger partial charge on any atom is -0.292 e. The average molecular weight is 397 g/mol. The Kier molecular flexibility index (Phi) is 5.25. The van der Waals surface area contributed by atoms with E-state index < -0.39 is 6.04 Å². The zero-order valence-electron chi connectivity index (χ0n) is 17.8. The van der Waals surface area contributed by atoms with Crippen molar-refractivity contribution in [3.8, 4) is 0 Å². The molecule has 2 fully saturated rings. The largest absolute Gasteiger partial charge is 0.333 e. The summed E-state index contributed by atoms with van der Waals surface area (Å²) in [6.07, 6.45) is 2.45. The number of piperidine rings is 1. The van der Waals surface area contributed by atoms with Crippen molar-refractivity contribution in [1.82, 2.24) is 14.7 Å². The molecule has 3 aliphatic heterocycles. The third-order valence-corrected chi connectivity index (χ3v) is 6.15. The Hall–Kier alpha value is -2.54. The molecule has 0 N–H and O–H groups in total. The second-order valence-corrected chi connectivity index (χ2v) is 8.63. The van der Waals surface area contributed by atoms with Gasteiger partial charge in [-0.1, -0.05) is 36.8 Å². The SMILES string of the molecule is Cc1cccc(C[N+]2=C(CN3CCCC(C)C3)N=C3C2C(=O)N(C)C(=O)N3C)c1. The second kappa shape index (κ2) is 7.71. The summed E-state index contributed by atoms with van der Waals surface area (Å²) >= 11 is 0. The summed E-state index contributed by atoms with van der Waals surface area (Å²) in [5, 5.41) is 0. The smallest absolute Gasteiger partial charge is 0.292 e. The first kappa shape index (κ1) is 19.8. The molecule has 0 aliphatic carbocycles. The Bertz CT molecular complexity index is 906. The Labute approximate surface area is 172 Å². The highest BCUT2D eigenvalue weighted by Crippen LogP contribution is 2.22. The van der Waals surface area contributed by atoms with Crippen LogP contribution in [-0.2, 0) is 11.3 Å². The van der Waals surface area contributed by atoms with E-state index >= 15 is 0 Å². The van der Waals surface area contributed by atoms with Crippen molar-refractivity contribution in [2.24, 2.45) is 10.9 Å². The molecule has 3 aliphatic rings. The van der Waals surface area contributed by atoms with E-state index in [4.69, 9.17) is 4.99 Å². The van der Waals surface area contributed by atoms with Crippen LogP contribution in [-0.4, -0.2) is 82.7 Å². The van der Waals surface area contributed by atoms with E-state index in [0.29, 0.717) is 24.8 Å². The molecule has 3 amide bonds. The first-order valence-electron chi connectivity index (χ1n) is 10.4. The number of likely N-dealkylation sites (tertiary alicyclic amines) is 1. The van der Waals surface area contributed by atoms with E-state index in [2.05, 4.69) is 41.5 Å². The number of aliphatic imine (C=N–C) groups is 1. The van der Waals surface area contributed by atoms with Crippen molar-refractivity contribution < 1.29 is 14.2 Å². The molecule has 0 radical (unpaired) electrons. The molecule has 0 aromatic heterocycles. The molecule has 2 atom stereocenters. The lowest BCUT2D eigenvalue weighted by atomic mass is 10.0. The van der Waals surface area contributed by atoms with Gasteiger partial charge in [0, 0.05) is 20.6 Å². The first-order valence-corrected chi connectivity index (χ1v) is 10.4.